The molecule has 0 saturated carbocycles. The van der Waals surface area contributed by atoms with E-state index in [1.807, 2.05) is 4.68 Å². The third kappa shape index (κ3) is 3.25. The lowest BCUT2D eigenvalue weighted by molar-refractivity contribution is 0.700. The average molecular weight is 259 g/mol. The maximum atomic E-state index is 4.29. The molecular formula is C11H23N3P2. The fourth-order valence-electron chi connectivity index (χ4n) is 2.24. The topological polar surface area (TPSA) is 30.7 Å². The van der Waals surface area contributed by atoms with Crippen molar-refractivity contribution < 1.29 is 0 Å². The number of hydrogen-bond acceptors (Lipinski definition) is 2. The maximum absolute atomic E-state index is 4.29. The summed E-state index contributed by atoms with van der Waals surface area (Å²) in [5, 5.41) is 8.40. The Morgan fingerprint density at radius 3 is 2.19 bits per heavy atom. The smallest absolute Gasteiger partial charge is 0.0898 e. The summed E-state index contributed by atoms with van der Waals surface area (Å²) in [4.78, 5) is 0. The first-order chi connectivity index (χ1) is 7.47. The van der Waals surface area contributed by atoms with E-state index in [4.69, 9.17) is 0 Å². The fourth-order valence-corrected chi connectivity index (χ4v) is 5.82. The first-order valence-electron chi connectivity index (χ1n) is 5.84. The van der Waals surface area contributed by atoms with Crippen molar-refractivity contribution in [1.29, 1.82) is 0 Å². The van der Waals surface area contributed by atoms with E-state index in [1.165, 1.54) is 0 Å². The van der Waals surface area contributed by atoms with Crippen LogP contribution in [0.5, 0.6) is 0 Å². The molecule has 1 rings (SSSR count). The average Bonchev–Trinajstić information content (AvgIpc) is 2.64. The Labute approximate surface area is 102 Å². The van der Waals surface area contributed by atoms with E-state index in [2.05, 4.69) is 60.4 Å². The van der Waals surface area contributed by atoms with Crippen LogP contribution >= 0.6 is 17.2 Å². The molecule has 0 N–H and O–H groups in total. The number of hydrogen-bond donors (Lipinski definition) is 0. The molecule has 0 saturated heterocycles. The Kier molecular flexibility index (Phi) is 5.34. The van der Waals surface area contributed by atoms with Crippen molar-refractivity contribution >= 4 is 17.2 Å². The zero-order valence-electron chi connectivity index (χ0n) is 10.9. The maximum Gasteiger partial charge on any atom is 0.0898 e. The Bertz CT molecular complexity index is 315. The molecule has 0 aliphatic heterocycles. The van der Waals surface area contributed by atoms with Gasteiger partial charge >= 0.3 is 0 Å². The highest BCUT2D eigenvalue weighted by molar-refractivity contribution is 7.59. The first-order valence-corrected chi connectivity index (χ1v) is 8.21. The molecule has 0 aliphatic rings. The molecule has 0 spiro atoms. The van der Waals surface area contributed by atoms with E-state index in [-0.39, 0.29) is 7.92 Å². The molecule has 1 heterocycles. The van der Waals surface area contributed by atoms with Gasteiger partial charge in [-0.25, -0.2) is 4.68 Å². The second kappa shape index (κ2) is 6.07. The van der Waals surface area contributed by atoms with Crippen LogP contribution in [0.15, 0.2) is 6.20 Å². The van der Waals surface area contributed by atoms with Crippen molar-refractivity contribution in [3.8, 4) is 0 Å². The van der Waals surface area contributed by atoms with Crippen molar-refractivity contribution in [2.45, 2.75) is 57.9 Å². The molecule has 0 aromatic carbocycles. The molecular weight excluding hydrogens is 236 g/mol. The minimum atomic E-state index is -0.0305. The molecule has 92 valence electrons. The van der Waals surface area contributed by atoms with Gasteiger partial charge in [-0.3, -0.25) is 0 Å². The lowest BCUT2D eigenvalue weighted by atomic mass is 10.4. The van der Waals surface area contributed by atoms with Crippen LogP contribution in [0.3, 0.4) is 0 Å². The molecule has 5 heteroatoms. The quantitative estimate of drug-likeness (QED) is 0.758. The molecule has 0 fully saturated rings. The van der Waals surface area contributed by atoms with Crippen molar-refractivity contribution in [3.05, 3.63) is 11.9 Å². The molecule has 3 nitrogen and oxygen atoms in total. The lowest BCUT2D eigenvalue weighted by Crippen LogP contribution is -2.09. The lowest BCUT2D eigenvalue weighted by Gasteiger charge is -2.30. The van der Waals surface area contributed by atoms with Gasteiger partial charge in [0.2, 0.25) is 0 Å². The second-order valence-corrected chi connectivity index (χ2v) is 8.78. The predicted octanol–water partition coefficient (Wildman–Crippen LogP) is 3.47. The van der Waals surface area contributed by atoms with Crippen LogP contribution in [0.1, 0.15) is 46.0 Å². The van der Waals surface area contributed by atoms with Crippen molar-refractivity contribution in [1.82, 2.24) is 15.0 Å². The molecule has 16 heavy (non-hydrogen) atoms. The summed E-state index contributed by atoms with van der Waals surface area (Å²) in [5.41, 5.74) is 3.17. The van der Waals surface area contributed by atoms with Crippen LogP contribution in [-0.2, 0) is 6.29 Å². The fraction of sp³-hybridized carbons (Fsp3) is 0.818. The number of rotatable bonds is 5. The third-order valence-corrected chi connectivity index (χ3v) is 6.73. The Balaban J connectivity index is 2.85. The largest absolute Gasteiger partial charge is 0.249 e. The highest BCUT2D eigenvalue weighted by Gasteiger charge is 2.26. The SMILES string of the molecule is CC(C)P(C(C)C)C(C)c1cn(CP)nn1. The number of aromatic nitrogens is 3. The minimum absolute atomic E-state index is 0.0305. The molecule has 1 aromatic rings. The van der Waals surface area contributed by atoms with E-state index in [9.17, 15) is 0 Å². The van der Waals surface area contributed by atoms with Gasteiger partial charge in [-0.1, -0.05) is 47.8 Å². The highest BCUT2D eigenvalue weighted by Crippen LogP contribution is 2.57. The van der Waals surface area contributed by atoms with Crippen LogP contribution in [0.25, 0.3) is 0 Å². The number of nitrogens with zero attached hydrogens (tertiary/aromatic N) is 3. The summed E-state index contributed by atoms with van der Waals surface area (Å²) < 4.78 is 1.88. The van der Waals surface area contributed by atoms with Crippen LogP contribution in [0, 0.1) is 0 Å². The van der Waals surface area contributed by atoms with Crippen molar-refractivity contribution in [3.63, 3.8) is 0 Å². The van der Waals surface area contributed by atoms with E-state index in [1.54, 1.807) is 0 Å². The van der Waals surface area contributed by atoms with Crippen LogP contribution in [-0.4, -0.2) is 26.3 Å². The molecule has 0 bridgehead atoms. The van der Waals surface area contributed by atoms with Crippen LogP contribution in [0.4, 0.5) is 0 Å². The zero-order valence-corrected chi connectivity index (χ0v) is 12.9. The highest BCUT2D eigenvalue weighted by atomic mass is 31.1. The van der Waals surface area contributed by atoms with Gasteiger partial charge in [-0.15, -0.1) is 14.3 Å². The van der Waals surface area contributed by atoms with Crippen molar-refractivity contribution in [2.75, 3.05) is 0 Å². The standard InChI is InChI=1S/C11H23N3P2/c1-8(2)16(9(3)4)10(5)11-6-14(7-15)13-12-11/h6,8-10H,7,15H2,1-5H3. The normalized spacial score (nSPS) is 14.1. The Hall–Kier alpha value is -0.0000000000000000555. The van der Waals surface area contributed by atoms with Crippen molar-refractivity contribution in [2.24, 2.45) is 0 Å². The summed E-state index contributed by atoms with van der Waals surface area (Å²) in [6.45, 7) is 11.6. The van der Waals surface area contributed by atoms with E-state index in [0.717, 1.165) is 23.3 Å². The van der Waals surface area contributed by atoms with E-state index < -0.39 is 0 Å². The third-order valence-electron chi connectivity index (χ3n) is 2.81. The second-order valence-electron chi connectivity index (χ2n) is 4.68. The van der Waals surface area contributed by atoms with Gasteiger partial charge in [-0.05, 0) is 11.3 Å². The van der Waals surface area contributed by atoms with Gasteiger partial charge in [0, 0.05) is 11.9 Å². The van der Waals surface area contributed by atoms with Crippen LogP contribution < -0.4 is 0 Å². The molecule has 2 unspecified atom stereocenters. The van der Waals surface area contributed by atoms with Crippen LogP contribution in [0.2, 0.25) is 0 Å². The van der Waals surface area contributed by atoms with Gasteiger partial charge in [0.15, 0.2) is 0 Å². The Morgan fingerprint density at radius 1 is 1.25 bits per heavy atom. The van der Waals surface area contributed by atoms with Gasteiger partial charge in [-0.2, -0.15) is 0 Å². The summed E-state index contributed by atoms with van der Waals surface area (Å²) >= 11 is 0. The first kappa shape index (κ1) is 14.1. The van der Waals surface area contributed by atoms with Gasteiger partial charge in [0.1, 0.15) is 0 Å². The summed E-state index contributed by atoms with van der Waals surface area (Å²) in [6, 6.07) is 0. The summed E-state index contributed by atoms with van der Waals surface area (Å²) in [6.07, 6.45) is 2.90. The summed E-state index contributed by atoms with van der Waals surface area (Å²) in [5.74, 6) is 0. The molecule has 1 aromatic heterocycles. The molecule has 0 radical (unpaired) electrons. The Morgan fingerprint density at radius 2 is 1.81 bits per heavy atom. The molecule has 0 amide bonds. The summed E-state index contributed by atoms with van der Waals surface area (Å²) in [7, 11) is 2.64. The zero-order chi connectivity index (χ0) is 12.3. The van der Waals surface area contributed by atoms with Gasteiger partial charge < -0.3 is 0 Å². The van der Waals surface area contributed by atoms with Gasteiger partial charge in [0.05, 0.1) is 12.0 Å². The molecule has 0 aliphatic carbocycles. The molecule has 2 atom stereocenters. The van der Waals surface area contributed by atoms with E-state index >= 15 is 0 Å². The van der Waals surface area contributed by atoms with Gasteiger partial charge in [0.25, 0.3) is 0 Å². The minimum Gasteiger partial charge on any atom is -0.249 e. The predicted molar refractivity (Wildman–Crippen MR) is 75.3 cm³/mol. The van der Waals surface area contributed by atoms with E-state index in [0.29, 0.717) is 5.66 Å². The monoisotopic (exact) mass is 259 g/mol.